The fourth-order valence-electron chi connectivity index (χ4n) is 1.66. The van der Waals surface area contributed by atoms with Crippen molar-refractivity contribution in [3.05, 3.63) is 16.4 Å². The molecule has 0 saturated carbocycles. The molecule has 2 heterocycles. The number of aliphatic hydroxyl groups excluding tert-OH is 1. The zero-order chi connectivity index (χ0) is 9.97. The highest BCUT2D eigenvalue weighted by Crippen LogP contribution is 2.15. The fraction of sp³-hybridized carbons (Fsp3) is 0.667. The topological polar surface area (TPSA) is 49.5 Å². The van der Waals surface area contributed by atoms with Crippen LogP contribution in [0.4, 0.5) is 0 Å². The van der Waals surface area contributed by atoms with Gasteiger partial charge in [0.2, 0.25) is 0 Å². The Kier molecular flexibility index (Phi) is 3.20. The first-order valence-electron chi connectivity index (χ1n) is 4.75. The number of rotatable bonds is 2. The molecule has 14 heavy (non-hydrogen) atoms. The van der Waals surface area contributed by atoms with Gasteiger partial charge in [0.1, 0.15) is 4.60 Å². The molecule has 0 spiro atoms. The highest BCUT2D eigenvalue weighted by Gasteiger charge is 2.18. The van der Waals surface area contributed by atoms with E-state index in [1.807, 2.05) is 6.07 Å². The molecule has 78 valence electrons. The average Bonchev–Trinajstić information content (AvgIpc) is 2.56. The Morgan fingerprint density at radius 3 is 2.86 bits per heavy atom. The van der Waals surface area contributed by atoms with Crippen LogP contribution in [-0.4, -0.2) is 34.4 Å². The van der Waals surface area contributed by atoms with Gasteiger partial charge in [-0.15, -0.1) is 0 Å². The van der Waals surface area contributed by atoms with Gasteiger partial charge in [0.05, 0.1) is 12.6 Å². The minimum atomic E-state index is -0.118. The number of aromatic nitrogens is 1. The lowest BCUT2D eigenvalue weighted by molar-refractivity contribution is 0.0749. The lowest BCUT2D eigenvalue weighted by atomic mass is 10.1. The van der Waals surface area contributed by atoms with E-state index >= 15 is 0 Å². The minimum Gasteiger partial charge on any atom is -0.393 e. The van der Waals surface area contributed by atoms with E-state index in [2.05, 4.69) is 26.0 Å². The van der Waals surface area contributed by atoms with Crippen molar-refractivity contribution in [2.75, 3.05) is 13.1 Å². The Hall–Kier alpha value is -0.390. The molecule has 1 aromatic rings. The molecule has 1 aromatic heterocycles. The highest BCUT2D eigenvalue weighted by atomic mass is 79.9. The first-order valence-corrected chi connectivity index (χ1v) is 5.55. The van der Waals surface area contributed by atoms with E-state index in [9.17, 15) is 5.11 Å². The monoisotopic (exact) mass is 260 g/mol. The van der Waals surface area contributed by atoms with Crippen LogP contribution in [0.25, 0.3) is 0 Å². The van der Waals surface area contributed by atoms with Gasteiger partial charge in [0, 0.05) is 19.2 Å². The lowest BCUT2D eigenvalue weighted by Gasteiger charge is -2.28. The van der Waals surface area contributed by atoms with Crippen molar-refractivity contribution in [1.29, 1.82) is 0 Å². The van der Waals surface area contributed by atoms with E-state index in [1.165, 1.54) is 0 Å². The molecule has 0 aliphatic carbocycles. The molecule has 2 rings (SSSR count). The minimum absolute atomic E-state index is 0.118. The molecule has 0 bridgehead atoms. The van der Waals surface area contributed by atoms with Crippen LogP contribution in [0, 0.1) is 0 Å². The van der Waals surface area contributed by atoms with Gasteiger partial charge < -0.3 is 9.63 Å². The number of nitrogens with zero attached hydrogens (tertiary/aromatic N) is 2. The van der Waals surface area contributed by atoms with Crippen LogP contribution in [0.2, 0.25) is 0 Å². The summed E-state index contributed by atoms with van der Waals surface area (Å²) >= 11 is 3.24. The summed E-state index contributed by atoms with van der Waals surface area (Å²) in [5, 5.41) is 13.1. The summed E-state index contributed by atoms with van der Waals surface area (Å²) in [6.07, 6.45) is 1.60. The Morgan fingerprint density at radius 2 is 2.29 bits per heavy atom. The molecule has 4 nitrogen and oxygen atoms in total. The third-order valence-corrected chi connectivity index (χ3v) is 2.84. The number of hydrogen-bond donors (Lipinski definition) is 1. The molecule has 1 aliphatic rings. The zero-order valence-corrected chi connectivity index (χ0v) is 9.40. The second-order valence-electron chi connectivity index (χ2n) is 3.62. The van der Waals surface area contributed by atoms with Crippen LogP contribution in [-0.2, 0) is 6.54 Å². The van der Waals surface area contributed by atoms with E-state index in [1.54, 1.807) is 0 Å². The van der Waals surface area contributed by atoms with Crippen LogP contribution in [0.3, 0.4) is 0 Å². The third-order valence-electron chi connectivity index (χ3n) is 2.47. The van der Waals surface area contributed by atoms with E-state index in [0.717, 1.165) is 42.8 Å². The normalized spacial score (nSPS) is 20.1. The van der Waals surface area contributed by atoms with Crippen molar-refractivity contribution in [3.8, 4) is 0 Å². The second kappa shape index (κ2) is 4.42. The molecule has 1 N–H and O–H groups in total. The maximum absolute atomic E-state index is 9.33. The van der Waals surface area contributed by atoms with Gasteiger partial charge in [-0.3, -0.25) is 4.90 Å². The quantitative estimate of drug-likeness (QED) is 0.874. The van der Waals surface area contributed by atoms with Gasteiger partial charge in [-0.25, -0.2) is 0 Å². The van der Waals surface area contributed by atoms with E-state index in [0.29, 0.717) is 0 Å². The number of hydrogen-bond acceptors (Lipinski definition) is 4. The number of aliphatic hydroxyl groups is 1. The molecule has 0 aromatic carbocycles. The fourth-order valence-corrected chi connectivity index (χ4v) is 1.99. The molecule has 0 amide bonds. The summed E-state index contributed by atoms with van der Waals surface area (Å²) in [5.74, 6) is 0.869. The highest BCUT2D eigenvalue weighted by molar-refractivity contribution is 9.10. The molecule has 1 saturated heterocycles. The van der Waals surface area contributed by atoms with Gasteiger partial charge >= 0.3 is 0 Å². The predicted molar refractivity (Wildman–Crippen MR) is 54.7 cm³/mol. The van der Waals surface area contributed by atoms with E-state index < -0.39 is 0 Å². The van der Waals surface area contributed by atoms with Gasteiger partial charge in [-0.1, -0.05) is 5.16 Å². The number of likely N-dealkylation sites (tertiary alicyclic amines) is 1. The smallest absolute Gasteiger partial charge is 0.151 e. The maximum atomic E-state index is 9.33. The van der Waals surface area contributed by atoms with Crippen molar-refractivity contribution >= 4 is 15.9 Å². The van der Waals surface area contributed by atoms with E-state index in [-0.39, 0.29) is 6.10 Å². The van der Waals surface area contributed by atoms with Crippen LogP contribution < -0.4 is 0 Å². The van der Waals surface area contributed by atoms with Crippen molar-refractivity contribution < 1.29 is 9.63 Å². The SMILES string of the molecule is OC1CCN(Cc2cc(Br)no2)CC1. The maximum Gasteiger partial charge on any atom is 0.151 e. The summed E-state index contributed by atoms with van der Waals surface area (Å²) in [5.41, 5.74) is 0. The van der Waals surface area contributed by atoms with Crippen LogP contribution >= 0.6 is 15.9 Å². The third kappa shape index (κ3) is 2.56. The summed E-state index contributed by atoms with van der Waals surface area (Å²) < 4.78 is 5.83. The van der Waals surface area contributed by atoms with Crippen molar-refractivity contribution in [2.45, 2.75) is 25.5 Å². The molecular weight excluding hydrogens is 248 g/mol. The molecular formula is C9H13BrN2O2. The number of halogens is 1. The molecule has 5 heteroatoms. The lowest BCUT2D eigenvalue weighted by Crippen LogP contribution is -2.35. The van der Waals surface area contributed by atoms with Crippen molar-refractivity contribution in [2.24, 2.45) is 0 Å². The van der Waals surface area contributed by atoms with Crippen molar-refractivity contribution in [1.82, 2.24) is 10.1 Å². The summed E-state index contributed by atoms with van der Waals surface area (Å²) in [4.78, 5) is 2.26. The molecule has 1 fully saturated rings. The molecule has 0 radical (unpaired) electrons. The Bertz CT molecular complexity index is 295. The van der Waals surface area contributed by atoms with Crippen LogP contribution in [0.1, 0.15) is 18.6 Å². The summed E-state index contributed by atoms with van der Waals surface area (Å²) in [6.45, 7) is 2.64. The number of piperidine rings is 1. The molecule has 0 atom stereocenters. The average molecular weight is 261 g/mol. The molecule has 1 aliphatic heterocycles. The first-order chi connectivity index (χ1) is 6.74. The van der Waals surface area contributed by atoms with Crippen LogP contribution in [0.15, 0.2) is 15.2 Å². The van der Waals surface area contributed by atoms with Gasteiger partial charge in [-0.05, 0) is 28.8 Å². The Morgan fingerprint density at radius 1 is 1.57 bits per heavy atom. The summed E-state index contributed by atoms with van der Waals surface area (Å²) in [7, 11) is 0. The van der Waals surface area contributed by atoms with Gasteiger partial charge in [-0.2, -0.15) is 0 Å². The standard InChI is InChI=1S/C9H13BrN2O2/c10-9-5-8(14-11-9)6-12-3-1-7(13)2-4-12/h5,7,13H,1-4,6H2. The predicted octanol–water partition coefficient (Wildman–Crippen LogP) is 1.39. The van der Waals surface area contributed by atoms with Gasteiger partial charge in [0.25, 0.3) is 0 Å². The molecule has 0 unspecified atom stereocenters. The Labute approximate surface area is 91.0 Å². The zero-order valence-electron chi connectivity index (χ0n) is 7.82. The largest absolute Gasteiger partial charge is 0.393 e. The van der Waals surface area contributed by atoms with Gasteiger partial charge in [0.15, 0.2) is 5.76 Å². The summed E-state index contributed by atoms with van der Waals surface area (Å²) in [6, 6.07) is 1.88. The van der Waals surface area contributed by atoms with E-state index in [4.69, 9.17) is 4.52 Å². The Balaban J connectivity index is 1.86. The first kappa shape index (κ1) is 10.1. The second-order valence-corrected chi connectivity index (χ2v) is 4.44. The van der Waals surface area contributed by atoms with Crippen LogP contribution in [0.5, 0.6) is 0 Å². The van der Waals surface area contributed by atoms with Crippen molar-refractivity contribution in [3.63, 3.8) is 0 Å².